The van der Waals surface area contributed by atoms with Crippen LogP contribution in [-0.2, 0) is 41.3 Å². The Morgan fingerprint density at radius 2 is 1.90 bits per heavy atom. The van der Waals surface area contributed by atoms with Crippen LogP contribution in [0.2, 0.25) is 0 Å². The topological polar surface area (TPSA) is 253 Å². The van der Waals surface area contributed by atoms with E-state index in [9.17, 15) is 33.5 Å². The summed E-state index contributed by atoms with van der Waals surface area (Å²) in [5.41, 5.74) is -1.89. The van der Waals surface area contributed by atoms with Crippen LogP contribution in [0.25, 0.3) is 0 Å². The Hall–Kier alpha value is -1.29. The van der Waals surface area contributed by atoms with Crippen LogP contribution >= 0.6 is 24.3 Å². The Kier molecular flexibility index (Phi) is 8.39. The third-order valence-corrected chi connectivity index (χ3v) is 5.71. The fourth-order valence-electron chi connectivity index (χ4n) is 2.11. The maximum Gasteiger partial charge on any atom is 0.739 e. The fraction of sp³-hybridized carbons (Fsp3) is 0.556. The number of ether oxygens (including phenoxy) is 1. The summed E-state index contributed by atoms with van der Waals surface area (Å²) < 4.78 is 57.5. The van der Waals surface area contributed by atoms with Crippen molar-refractivity contribution in [3.8, 4) is 0 Å². The zero-order valence-electron chi connectivity index (χ0n) is 13.7. The van der Waals surface area contributed by atoms with Gasteiger partial charge < -0.3 is 19.9 Å². The number of hydrogen-bond acceptors (Lipinski definition) is 14. The normalized spacial score (nSPS) is 27.4. The molecule has 1 aliphatic heterocycles. The van der Waals surface area contributed by atoms with E-state index in [4.69, 9.17) is 14.9 Å². The molecule has 2 rings (SSSR count). The molecule has 1 fully saturated rings. The number of rotatable bonds is 10. The molecule has 0 bridgehead atoms. The zero-order valence-corrected chi connectivity index (χ0v) is 16.4. The SMILES string of the molecule is O=c1[nH]cc(C2OC(CO[P+](=O)OOP(=O)(O)O[P+](=O)OO)C(O)C2O)c(=O)[nH]1. The van der Waals surface area contributed by atoms with Gasteiger partial charge in [-0.3, -0.25) is 14.7 Å². The lowest BCUT2D eigenvalue weighted by Crippen LogP contribution is -2.34. The van der Waals surface area contributed by atoms with Crippen molar-refractivity contribution in [3.05, 3.63) is 32.6 Å². The molecule has 0 spiro atoms. The second kappa shape index (κ2) is 10.1. The predicted octanol–water partition coefficient (Wildman–Crippen LogP) is -0.889. The van der Waals surface area contributed by atoms with Crippen LogP contribution < -0.4 is 11.2 Å². The lowest BCUT2D eigenvalue weighted by atomic mass is 10.0. The van der Waals surface area contributed by atoms with Crippen molar-refractivity contribution < 1.29 is 61.7 Å². The van der Waals surface area contributed by atoms with Gasteiger partial charge in [0.1, 0.15) is 31.0 Å². The highest BCUT2D eigenvalue weighted by atomic mass is 31.2. The van der Waals surface area contributed by atoms with E-state index >= 15 is 0 Å². The number of aromatic amines is 2. The monoisotopic (exact) mass is 482 g/mol. The Morgan fingerprint density at radius 1 is 1.21 bits per heavy atom. The molecule has 17 nitrogen and oxygen atoms in total. The molecule has 1 aromatic rings. The Labute approximate surface area is 160 Å². The first-order valence-electron chi connectivity index (χ1n) is 7.15. The third kappa shape index (κ3) is 6.60. The number of aliphatic hydroxyl groups is 2. The first kappa shape index (κ1) is 24.0. The molecule has 0 aromatic carbocycles. The number of nitrogens with one attached hydrogen (secondary N) is 2. The van der Waals surface area contributed by atoms with Crippen LogP contribution in [0.15, 0.2) is 15.8 Å². The molecule has 0 amide bonds. The minimum atomic E-state index is -5.19. The van der Waals surface area contributed by atoms with Gasteiger partial charge in [-0.05, 0) is 0 Å². The summed E-state index contributed by atoms with van der Waals surface area (Å²) in [5, 5.41) is 27.9. The van der Waals surface area contributed by atoms with Gasteiger partial charge in [0.05, 0.1) is 14.9 Å². The summed E-state index contributed by atoms with van der Waals surface area (Å²) in [6.07, 6.45) is -4.96. The van der Waals surface area contributed by atoms with Crippen molar-refractivity contribution >= 4 is 24.3 Å². The van der Waals surface area contributed by atoms with Crippen molar-refractivity contribution in [1.82, 2.24) is 9.97 Å². The van der Waals surface area contributed by atoms with E-state index in [1.54, 1.807) is 0 Å². The summed E-state index contributed by atoms with van der Waals surface area (Å²) >= 11 is 0. The lowest BCUT2D eigenvalue weighted by Gasteiger charge is -2.13. The average molecular weight is 482 g/mol. The highest BCUT2D eigenvalue weighted by Gasteiger charge is 2.47. The molecule has 0 aliphatic carbocycles. The van der Waals surface area contributed by atoms with Gasteiger partial charge in [-0.25, -0.2) is 14.6 Å². The molecule has 20 heteroatoms. The van der Waals surface area contributed by atoms with Crippen LogP contribution in [0.3, 0.4) is 0 Å². The molecular formula is C9H13N2O15P3+2. The summed E-state index contributed by atoms with van der Waals surface area (Å²) in [5.74, 6) is 0. The number of aliphatic hydroxyl groups excluding tert-OH is 2. The van der Waals surface area contributed by atoms with Gasteiger partial charge in [0, 0.05) is 19.6 Å². The van der Waals surface area contributed by atoms with Crippen LogP contribution in [0.1, 0.15) is 11.7 Å². The Morgan fingerprint density at radius 3 is 2.52 bits per heavy atom. The van der Waals surface area contributed by atoms with Crippen LogP contribution in [0.4, 0.5) is 0 Å². The van der Waals surface area contributed by atoms with E-state index in [0.29, 0.717) is 0 Å². The average Bonchev–Trinajstić information content (AvgIpc) is 2.92. The first-order chi connectivity index (χ1) is 13.5. The summed E-state index contributed by atoms with van der Waals surface area (Å²) in [6.45, 7) is -0.709. The summed E-state index contributed by atoms with van der Waals surface area (Å²) in [6, 6.07) is 0. The van der Waals surface area contributed by atoms with Gasteiger partial charge in [-0.15, -0.1) is 4.52 Å². The Balaban J connectivity index is 1.90. The van der Waals surface area contributed by atoms with Crippen molar-refractivity contribution in [2.24, 2.45) is 0 Å². The molecule has 7 unspecified atom stereocenters. The van der Waals surface area contributed by atoms with Gasteiger partial charge in [0.2, 0.25) is 0 Å². The minimum Gasteiger partial charge on any atom is -0.387 e. The van der Waals surface area contributed by atoms with E-state index in [1.807, 2.05) is 4.98 Å². The molecule has 162 valence electrons. The molecular weight excluding hydrogens is 469 g/mol. The van der Waals surface area contributed by atoms with Gasteiger partial charge >= 0.3 is 30.0 Å². The molecule has 6 N–H and O–H groups in total. The highest BCUT2D eigenvalue weighted by Crippen LogP contribution is 2.53. The van der Waals surface area contributed by atoms with E-state index in [-0.39, 0.29) is 5.56 Å². The second-order valence-corrected chi connectivity index (χ2v) is 8.33. The van der Waals surface area contributed by atoms with Gasteiger partial charge in [-0.1, -0.05) is 4.67 Å². The summed E-state index contributed by atoms with van der Waals surface area (Å²) in [7, 11) is -11.9. The van der Waals surface area contributed by atoms with Crippen molar-refractivity contribution in [3.63, 3.8) is 0 Å². The minimum absolute atomic E-state index is 0.207. The fourth-order valence-corrected chi connectivity index (χ4v) is 3.88. The van der Waals surface area contributed by atoms with Gasteiger partial charge in [0.25, 0.3) is 5.56 Å². The van der Waals surface area contributed by atoms with E-state index in [2.05, 4.69) is 27.8 Å². The van der Waals surface area contributed by atoms with Crippen molar-refractivity contribution in [2.75, 3.05) is 6.61 Å². The highest BCUT2D eigenvalue weighted by molar-refractivity contribution is 7.56. The Bertz CT molecular complexity index is 915. The molecule has 0 saturated carbocycles. The molecule has 1 aliphatic rings. The molecule has 2 heterocycles. The molecule has 29 heavy (non-hydrogen) atoms. The van der Waals surface area contributed by atoms with E-state index in [1.165, 1.54) is 0 Å². The summed E-state index contributed by atoms with van der Waals surface area (Å²) in [4.78, 5) is 35.9. The number of aromatic nitrogens is 2. The zero-order chi connectivity index (χ0) is 21.8. The van der Waals surface area contributed by atoms with Crippen LogP contribution in [0.5, 0.6) is 0 Å². The van der Waals surface area contributed by atoms with Crippen LogP contribution in [-0.4, -0.2) is 55.3 Å². The smallest absolute Gasteiger partial charge is 0.387 e. The van der Waals surface area contributed by atoms with Gasteiger partial charge in [0.15, 0.2) is 0 Å². The number of phosphoric acid groups is 1. The molecule has 1 aromatic heterocycles. The van der Waals surface area contributed by atoms with E-state index < -0.39 is 66.6 Å². The second-order valence-electron chi connectivity index (χ2n) is 5.13. The molecule has 1 saturated heterocycles. The number of H-pyrrole nitrogens is 2. The maximum atomic E-state index is 11.8. The van der Waals surface area contributed by atoms with Gasteiger partial charge in [-0.2, -0.15) is 0 Å². The quantitative estimate of drug-likeness (QED) is 0.134. The maximum absolute atomic E-state index is 11.8. The van der Waals surface area contributed by atoms with Crippen molar-refractivity contribution in [1.29, 1.82) is 0 Å². The van der Waals surface area contributed by atoms with Crippen LogP contribution in [0, 0.1) is 0 Å². The predicted molar refractivity (Wildman–Crippen MR) is 85.3 cm³/mol. The first-order valence-corrected chi connectivity index (χ1v) is 10.8. The molecule has 7 atom stereocenters. The lowest BCUT2D eigenvalue weighted by molar-refractivity contribution is -0.147. The molecule has 0 radical (unpaired) electrons. The van der Waals surface area contributed by atoms with E-state index in [0.717, 1.165) is 6.20 Å². The van der Waals surface area contributed by atoms with Crippen molar-refractivity contribution in [2.45, 2.75) is 24.4 Å². The third-order valence-electron chi connectivity index (χ3n) is 3.29. The standard InChI is InChI=1S/C9H11N2O15P3/c12-5-4(2-21-27(17)24-25-29(19,20)26-28(18)23-16)22-7(6(5)13)3-1-10-9(15)11-8(3)14/h1,4-7,12-13H,2H2,(H2-2,10,11,14,15,16,19,20)/p+2. The number of hydrogen-bond donors (Lipinski definition) is 6. The largest absolute Gasteiger partial charge is 0.739 e.